The number of benzene rings is 3. The number of amides is 3. The van der Waals surface area contributed by atoms with Crippen molar-refractivity contribution in [3.05, 3.63) is 65.7 Å². The number of likely N-dealkylation sites (N-methyl/N-ethyl adjacent to an activating group) is 1. The Kier molecular flexibility index (Phi) is 7.65. The van der Waals surface area contributed by atoms with Crippen molar-refractivity contribution in [2.24, 2.45) is 0 Å². The highest BCUT2D eigenvalue weighted by atomic mass is 16.5. The zero-order valence-corrected chi connectivity index (χ0v) is 22.1. The van der Waals surface area contributed by atoms with Crippen molar-refractivity contribution in [1.29, 1.82) is 5.26 Å². The monoisotopic (exact) mass is 513 g/mol. The fourth-order valence-electron chi connectivity index (χ4n) is 4.92. The molecule has 4 rings (SSSR count). The molecular weight excluding hydrogens is 482 g/mol. The smallest absolute Gasteiger partial charge is 0.252 e. The second-order valence-corrected chi connectivity index (χ2v) is 9.33. The first-order valence-electron chi connectivity index (χ1n) is 12.4. The molecular formula is C29H31N5O4. The third-order valence-corrected chi connectivity index (χ3v) is 7.07. The Morgan fingerprint density at radius 3 is 2.53 bits per heavy atom. The standard InChI is InChI=1S/C29H31N5O4/c1-17(31-4)28(36)32-27-18(2)34(19(3)35)25-14-20(15-30)10-12-24(25)33(29(27)37)16-23-22-9-7-6-8-21(22)11-13-26(23)38-5/h6-14,17-18,27,31H,16H2,1-5H3,(H,32,36). The van der Waals surface area contributed by atoms with Crippen molar-refractivity contribution in [3.8, 4) is 11.8 Å². The van der Waals surface area contributed by atoms with Gasteiger partial charge >= 0.3 is 0 Å². The topological polar surface area (TPSA) is 115 Å². The van der Waals surface area contributed by atoms with Gasteiger partial charge in [0.05, 0.1) is 48.7 Å². The van der Waals surface area contributed by atoms with Gasteiger partial charge in [-0.15, -0.1) is 0 Å². The van der Waals surface area contributed by atoms with E-state index >= 15 is 0 Å². The molecule has 0 spiro atoms. The van der Waals surface area contributed by atoms with Gasteiger partial charge in [-0.05, 0) is 55.9 Å². The van der Waals surface area contributed by atoms with Crippen molar-refractivity contribution in [3.63, 3.8) is 0 Å². The Morgan fingerprint density at radius 2 is 1.87 bits per heavy atom. The third kappa shape index (κ3) is 4.78. The average Bonchev–Trinajstić information content (AvgIpc) is 3.00. The number of nitriles is 1. The number of anilines is 2. The highest BCUT2D eigenvalue weighted by molar-refractivity contribution is 6.09. The molecule has 0 radical (unpaired) electrons. The Bertz CT molecular complexity index is 1450. The van der Waals surface area contributed by atoms with Crippen LogP contribution >= 0.6 is 0 Å². The molecule has 1 aliphatic rings. The van der Waals surface area contributed by atoms with E-state index in [1.54, 1.807) is 51.1 Å². The molecule has 3 aromatic carbocycles. The first-order valence-corrected chi connectivity index (χ1v) is 12.4. The zero-order valence-electron chi connectivity index (χ0n) is 22.1. The van der Waals surface area contributed by atoms with Gasteiger partial charge in [-0.25, -0.2) is 0 Å². The van der Waals surface area contributed by atoms with Crippen molar-refractivity contribution in [2.45, 2.75) is 45.4 Å². The molecule has 9 nitrogen and oxygen atoms in total. The molecule has 0 aromatic heterocycles. The van der Waals surface area contributed by atoms with Gasteiger partial charge in [0.15, 0.2) is 0 Å². The maximum atomic E-state index is 14.3. The van der Waals surface area contributed by atoms with E-state index in [9.17, 15) is 19.6 Å². The van der Waals surface area contributed by atoms with E-state index in [2.05, 4.69) is 16.7 Å². The van der Waals surface area contributed by atoms with Gasteiger partial charge in [0, 0.05) is 12.5 Å². The summed E-state index contributed by atoms with van der Waals surface area (Å²) in [6.07, 6.45) is 0. The van der Waals surface area contributed by atoms with Gasteiger partial charge in [-0.1, -0.05) is 30.3 Å². The quantitative estimate of drug-likeness (QED) is 0.524. The van der Waals surface area contributed by atoms with Gasteiger partial charge in [0.2, 0.25) is 11.8 Å². The highest BCUT2D eigenvalue weighted by Crippen LogP contribution is 2.39. The second-order valence-electron chi connectivity index (χ2n) is 9.33. The minimum atomic E-state index is -1.04. The number of methoxy groups -OCH3 is 1. The van der Waals surface area contributed by atoms with Crippen LogP contribution in [-0.2, 0) is 20.9 Å². The summed E-state index contributed by atoms with van der Waals surface area (Å²) in [7, 11) is 3.23. The van der Waals surface area contributed by atoms with E-state index in [-0.39, 0.29) is 24.3 Å². The van der Waals surface area contributed by atoms with Crippen LogP contribution in [0.5, 0.6) is 5.75 Å². The number of carbonyl (C=O) groups excluding carboxylic acids is 3. The van der Waals surface area contributed by atoms with Crippen LogP contribution in [0.25, 0.3) is 10.8 Å². The van der Waals surface area contributed by atoms with Crippen LogP contribution in [0.4, 0.5) is 11.4 Å². The fourth-order valence-corrected chi connectivity index (χ4v) is 4.92. The van der Waals surface area contributed by atoms with Crippen LogP contribution in [0, 0.1) is 11.3 Å². The number of fused-ring (bicyclic) bond motifs is 2. The van der Waals surface area contributed by atoms with E-state index in [0.29, 0.717) is 22.7 Å². The summed E-state index contributed by atoms with van der Waals surface area (Å²) in [5.74, 6) is -0.449. The molecule has 1 heterocycles. The van der Waals surface area contributed by atoms with Gasteiger partial charge in [-0.2, -0.15) is 5.26 Å². The molecule has 2 N–H and O–H groups in total. The molecule has 3 unspecified atom stereocenters. The molecule has 1 aliphatic heterocycles. The second kappa shape index (κ2) is 10.9. The molecule has 0 aliphatic carbocycles. The summed E-state index contributed by atoms with van der Waals surface area (Å²) in [6.45, 7) is 4.94. The molecule has 0 fully saturated rings. The zero-order chi connectivity index (χ0) is 27.6. The maximum Gasteiger partial charge on any atom is 0.252 e. The lowest BCUT2D eigenvalue weighted by Crippen LogP contribution is -2.59. The van der Waals surface area contributed by atoms with E-state index in [0.717, 1.165) is 16.3 Å². The van der Waals surface area contributed by atoms with Gasteiger partial charge in [0.1, 0.15) is 11.8 Å². The summed E-state index contributed by atoms with van der Waals surface area (Å²) in [6, 6.07) is 16.3. The predicted octanol–water partition coefficient (Wildman–Crippen LogP) is 3.10. The number of nitrogens with zero attached hydrogens (tertiary/aromatic N) is 3. The number of ether oxygens (including phenoxy) is 1. The molecule has 3 atom stereocenters. The van der Waals surface area contributed by atoms with E-state index in [1.165, 1.54) is 11.8 Å². The Morgan fingerprint density at radius 1 is 1.13 bits per heavy atom. The molecule has 38 heavy (non-hydrogen) atoms. The van der Waals surface area contributed by atoms with Gasteiger partial charge in [-0.3, -0.25) is 14.4 Å². The van der Waals surface area contributed by atoms with Crippen molar-refractivity contribution in [1.82, 2.24) is 10.6 Å². The van der Waals surface area contributed by atoms with E-state index in [1.807, 2.05) is 36.4 Å². The summed E-state index contributed by atoms with van der Waals surface area (Å²) in [4.78, 5) is 43.2. The van der Waals surface area contributed by atoms with Crippen molar-refractivity contribution < 1.29 is 19.1 Å². The first kappa shape index (κ1) is 26.6. The Hall–Kier alpha value is -4.42. The lowest BCUT2D eigenvalue weighted by Gasteiger charge is -2.32. The van der Waals surface area contributed by atoms with E-state index in [4.69, 9.17) is 4.74 Å². The number of rotatable bonds is 6. The van der Waals surface area contributed by atoms with Crippen LogP contribution in [-0.4, -0.2) is 50.0 Å². The fraction of sp³-hybridized carbons (Fsp3) is 0.310. The Labute approximate surface area is 222 Å². The molecule has 0 saturated heterocycles. The number of hydrogen-bond donors (Lipinski definition) is 2. The molecule has 3 aromatic rings. The minimum Gasteiger partial charge on any atom is -0.496 e. The van der Waals surface area contributed by atoms with Crippen molar-refractivity contribution >= 4 is 39.9 Å². The molecule has 0 saturated carbocycles. The summed E-state index contributed by atoms with van der Waals surface area (Å²) in [5, 5.41) is 17.2. The first-order chi connectivity index (χ1) is 18.2. The van der Waals surface area contributed by atoms with Gasteiger partial charge < -0.3 is 25.2 Å². The number of carbonyl (C=O) groups is 3. The largest absolute Gasteiger partial charge is 0.496 e. The summed E-state index contributed by atoms with van der Waals surface area (Å²) in [5.41, 5.74) is 2.02. The predicted molar refractivity (Wildman–Crippen MR) is 146 cm³/mol. The van der Waals surface area contributed by atoms with Gasteiger partial charge in [0.25, 0.3) is 5.91 Å². The molecule has 3 amide bonds. The Balaban J connectivity index is 1.93. The van der Waals surface area contributed by atoms with Crippen LogP contribution in [0.1, 0.15) is 31.9 Å². The highest BCUT2D eigenvalue weighted by Gasteiger charge is 2.42. The number of hydrogen-bond acceptors (Lipinski definition) is 6. The molecule has 9 heteroatoms. The summed E-state index contributed by atoms with van der Waals surface area (Å²) >= 11 is 0. The third-order valence-electron chi connectivity index (χ3n) is 7.07. The van der Waals surface area contributed by atoms with Crippen molar-refractivity contribution in [2.75, 3.05) is 24.0 Å². The molecule has 0 bridgehead atoms. The van der Waals surface area contributed by atoms with Crippen LogP contribution in [0.2, 0.25) is 0 Å². The lowest BCUT2D eigenvalue weighted by molar-refractivity contribution is -0.129. The number of nitrogens with one attached hydrogen (secondary N) is 2. The van der Waals surface area contributed by atoms with Crippen LogP contribution in [0.15, 0.2) is 54.6 Å². The normalized spacial score (nSPS) is 17.8. The lowest BCUT2D eigenvalue weighted by atomic mass is 10.0. The molecule has 196 valence electrons. The maximum absolute atomic E-state index is 14.3. The van der Waals surface area contributed by atoms with E-state index < -0.39 is 18.1 Å². The van der Waals surface area contributed by atoms with Crippen LogP contribution < -0.4 is 25.2 Å². The summed E-state index contributed by atoms with van der Waals surface area (Å²) < 4.78 is 5.68. The minimum absolute atomic E-state index is 0.120. The SMILES string of the molecule is CNC(C)C(=O)NC1C(=O)N(Cc2c(OC)ccc3ccccc23)c2ccc(C#N)cc2N(C(C)=O)C1C. The van der Waals surface area contributed by atoms with Crippen LogP contribution in [0.3, 0.4) is 0 Å². The average molecular weight is 514 g/mol.